The van der Waals surface area contributed by atoms with Gasteiger partial charge in [0.1, 0.15) is 5.75 Å². The first-order chi connectivity index (χ1) is 9.58. The molecule has 1 N–H and O–H groups in total. The van der Waals surface area contributed by atoms with Gasteiger partial charge in [0.25, 0.3) is 5.91 Å². The van der Waals surface area contributed by atoms with Crippen molar-refractivity contribution in [3.8, 4) is 5.75 Å². The molecular formula is C15H21NO4. The maximum absolute atomic E-state index is 12.0. The van der Waals surface area contributed by atoms with Gasteiger partial charge in [0.15, 0.2) is 6.61 Å². The largest absolute Gasteiger partial charge is 0.484 e. The first-order valence-corrected chi connectivity index (χ1v) is 6.85. The summed E-state index contributed by atoms with van der Waals surface area (Å²) in [6.07, 6.45) is -0.502. The lowest BCUT2D eigenvalue weighted by atomic mass is 10.1. The summed E-state index contributed by atoms with van der Waals surface area (Å²) >= 11 is 0. The summed E-state index contributed by atoms with van der Waals surface area (Å²) in [5.74, 6) is 0.656. The Morgan fingerprint density at radius 3 is 2.75 bits per heavy atom. The van der Waals surface area contributed by atoms with Crippen molar-refractivity contribution in [2.75, 3.05) is 32.9 Å². The van der Waals surface area contributed by atoms with E-state index in [0.717, 1.165) is 11.1 Å². The van der Waals surface area contributed by atoms with Crippen LogP contribution in [0.4, 0.5) is 0 Å². The van der Waals surface area contributed by atoms with Crippen LogP contribution >= 0.6 is 0 Å². The number of amides is 1. The van der Waals surface area contributed by atoms with Crippen molar-refractivity contribution in [1.29, 1.82) is 0 Å². The van der Waals surface area contributed by atoms with Crippen LogP contribution in [0.5, 0.6) is 5.75 Å². The summed E-state index contributed by atoms with van der Waals surface area (Å²) in [5, 5.41) is 9.51. The zero-order valence-electron chi connectivity index (χ0n) is 12.0. The van der Waals surface area contributed by atoms with Crippen molar-refractivity contribution in [3.63, 3.8) is 0 Å². The van der Waals surface area contributed by atoms with E-state index in [2.05, 4.69) is 0 Å². The van der Waals surface area contributed by atoms with Gasteiger partial charge in [-0.05, 0) is 37.1 Å². The number of nitrogens with zero attached hydrogens (tertiary/aromatic N) is 1. The summed E-state index contributed by atoms with van der Waals surface area (Å²) < 4.78 is 10.8. The maximum Gasteiger partial charge on any atom is 0.260 e. The van der Waals surface area contributed by atoms with E-state index in [-0.39, 0.29) is 12.5 Å². The number of morpholine rings is 1. The molecule has 1 aliphatic heterocycles. The number of aliphatic hydroxyl groups excluding tert-OH is 1. The molecule has 0 aliphatic carbocycles. The summed E-state index contributed by atoms with van der Waals surface area (Å²) in [6.45, 7) is 6.10. The molecule has 0 unspecified atom stereocenters. The molecule has 1 saturated heterocycles. The van der Waals surface area contributed by atoms with Crippen LogP contribution in [0.25, 0.3) is 0 Å². The van der Waals surface area contributed by atoms with Crippen LogP contribution in [0, 0.1) is 6.92 Å². The first-order valence-electron chi connectivity index (χ1n) is 6.85. The van der Waals surface area contributed by atoms with Gasteiger partial charge in [0.2, 0.25) is 0 Å². The standard InChI is InChI=1S/C15H21NO4/c1-11-9-13(12(2)17)3-4-14(11)20-10-15(18)16-5-7-19-8-6-16/h3-4,9,12,17H,5-8,10H2,1-2H3/t12-/m0/s1. The Balaban J connectivity index is 1.91. The fraction of sp³-hybridized carbons (Fsp3) is 0.533. The number of carbonyl (C=O) groups is 1. The van der Waals surface area contributed by atoms with Gasteiger partial charge in [-0.2, -0.15) is 0 Å². The number of hydrogen-bond acceptors (Lipinski definition) is 4. The number of benzene rings is 1. The Morgan fingerprint density at radius 1 is 1.45 bits per heavy atom. The Kier molecular flexibility index (Phi) is 4.98. The molecule has 5 heteroatoms. The molecule has 2 rings (SSSR count). The van der Waals surface area contributed by atoms with Gasteiger partial charge in [-0.25, -0.2) is 0 Å². The molecule has 1 aliphatic rings. The van der Waals surface area contributed by atoms with Gasteiger partial charge >= 0.3 is 0 Å². The lowest BCUT2D eigenvalue weighted by Crippen LogP contribution is -2.43. The minimum atomic E-state index is -0.502. The third-order valence-electron chi connectivity index (χ3n) is 3.40. The van der Waals surface area contributed by atoms with Crippen LogP contribution in [0.3, 0.4) is 0 Å². The van der Waals surface area contributed by atoms with E-state index in [1.54, 1.807) is 17.9 Å². The lowest BCUT2D eigenvalue weighted by Gasteiger charge is -2.26. The van der Waals surface area contributed by atoms with Crippen LogP contribution in [-0.2, 0) is 9.53 Å². The van der Waals surface area contributed by atoms with Gasteiger partial charge < -0.3 is 19.5 Å². The molecule has 1 amide bonds. The number of rotatable bonds is 4. The second-order valence-electron chi connectivity index (χ2n) is 4.98. The van der Waals surface area contributed by atoms with Crippen molar-refractivity contribution in [2.24, 2.45) is 0 Å². The highest BCUT2D eigenvalue weighted by Gasteiger charge is 2.17. The molecule has 1 atom stereocenters. The van der Waals surface area contributed by atoms with Crippen LogP contribution in [0.2, 0.25) is 0 Å². The van der Waals surface area contributed by atoms with Crippen molar-refractivity contribution in [2.45, 2.75) is 20.0 Å². The van der Waals surface area contributed by atoms with Gasteiger partial charge in [-0.15, -0.1) is 0 Å². The molecule has 5 nitrogen and oxygen atoms in total. The number of aryl methyl sites for hydroxylation is 1. The monoisotopic (exact) mass is 279 g/mol. The fourth-order valence-corrected chi connectivity index (χ4v) is 2.14. The highest BCUT2D eigenvalue weighted by Crippen LogP contribution is 2.22. The maximum atomic E-state index is 12.0. The summed E-state index contributed by atoms with van der Waals surface area (Å²) in [6, 6.07) is 5.48. The molecule has 1 aromatic carbocycles. The predicted octanol–water partition coefficient (Wildman–Crippen LogP) is 1.29. The minimum absolute atomic E-state index is 0.0210. The van der Waals surface area contributed by atoms with Crippen LogP contribution < -0.4 is 4.74 Å². The average molecular weight is 279 g/mol. The van der Waals surface area contributed by atoms with Crippen LogP contribution in [0.1, 0.15) is 24.2 Å². The summed E-state index contributed by atoms with van der Waals surface area (Å²) in [7, 11) is 0. The molecule has 1 fully saturated rings. The third-order valence-corrected chi connectivity index (χ3v) is 3.40. The Morgan fingerprint density at radius 2 is 2.15 bits per heavy atom. The molecule has 0 bridgehead atoms. The van der Waals surface area contributed by atoms with Crippen molar-refractivity contribution < 1.29 is 19.4 Å². The van der Waals surface area contributed by atoms with Gasteiger partial charge in [0.05, 0.1) is 19.3 Å². The van der Waals surface area contributed by atoms with E-state index in [1.807, 2.05) is 19.1 Å². The molecule has 0 spiro atoms. The van der Waals surface area contributed by atoms with Gasteiger partial charge in [-0.1, -0.05) is 6.07 Å². The molecule has 1 aromatic rings. The SMILES string of the molecule is Cc1cc([C@H](C)O)ccc1OCC(=O)N1CCOCC1. The number of carbonyl (C=O) groups excluding carboxylic acids is 1. The second kappa shape index (κ2) is 6.72. The molecule has 20 heavy (non-hydrogen) atoms. The van der Waals surface area contributed by atoms with E-state index in [4.69, 9.17) is 9.47 Å². The first kappa shape index (κ1) is 14.8. The Hall–Kier alpha value is -1.59. The summed E-state index contributed by atoms with van der Waals surface area (Å²) in [5.41, 5.74) is 1.76. The van der Waals surface area contributed by atoms with E-state index in [0.29, 0.717) is 32.1 Å². The summed E-state index contributed by atoms with van der Waals surface area (Å²) in [4.78, 5) is 13.7. The van der Waals surface area contributed by atoms with Gasteiger partial charge in [-0.3, -0.25) is 4.79 Å². The Labute approximate surface area is 119 Å². The Bertz CT molecular complexity index is 467. The molecule has 110 valence electrons. The van der Waals surface area contributed by atoms with Crippen molar-refractivity contribution in [1.82, 2.24) is 4.90 Å². The average Bonchev–Trinajstić information content (AvgIpc) is 2.46. The molecule has 0 aromatic heterocycles. The lowest BCUT2D eigenvalue weighted by molar-refractivity contribution is -0.137. The van der Waals surface area contributed by atoms with E-state index in [9.17, 15) is 9.90 Å². The smallest absolute Gasteiger partial charge is 0.260 e. The molecule has 0 saturated carbocycles. The number of aliphatic hydroxyl groups is 1. The van der Waals surface area contributed by atoms with Crippen LogP contribution in [-0.4, -0.2) is 48.8 Å². The quantitative estimate of drug-likeness (QED) is 0.902. The number of hydrogen-bond donors (Lipinski definition) is 1. The second-order valence-corrected chi connectivity index (χ2v) is 4.98. The van der Waals surface area contributed by atoms with E-state index >= 15 is 0 Å². The van der Waals surface area contributed by atoms with E-state index < -0.39 is 6.10 Å². The van der Waals surface area contributed by atoms with E-state index in [1.165, 1.54) is 0 Å². The zero-order valence-corrected chi connectivity index (χ0v) is 12.0. The minimum Gasteiger partial charge on any atom is -0.484 e. The predicted molar refractivity (Wildman–Crippen MR) is 74.7 cm³/mol. The molecule has 1 heterocycles. The van der Waals surface area contributed by atoms with Crippen LogP contribution in [0.15, 0.2) is 18.2 Å². The molecule has 0 radical (unpaired) electrons. The molecular weight excluding hydrogens is 258 g/mol. The highest BCUT2D eigenvalue weighted by atomic mass is 16.5. The number of ether oxygens (including phenoxy) is 2. The fourth-order valence-electron chi connectivity index (χ4n) is 2.14. The normalized spacial score (nSPS) is 16.9. The van der Waals surface area contributed by atoms with Crippen molar-refractivity contribution in [3.05, 3.63) is 29.3 Å². The van der Waals surface area contributed by atoms with Crippen molar-refractivity contribution >= 4 is 5.91 Å². The highest BCUT2D eigenvalue weighted by molar-refractivity contribution is 5.77. The van der Waals surface area contributed by atoms with Gasteiger partial charge in [0, 0.05) is 13.1 Å². The zero-order chi connectivity index (χ0) is 14.5. The topological polar surface area (TPSA) is 59.0 Å². The third kappa shape index (κ3) is 3.71.